The van der Waals surface area contributed by atoms with Crippen molar-refractivity contribution >= 4 is 16.9 Å². The first-order chi connectivity index (χ1) is 17.7. The van der Waals surface area contributed by atoms with Gasteiger partial charge >= 0.3 is 5.97 Å². The number of benzene rings is 3. The van der Waals surface area contributed by atoms with Crippen LogP contribution in [0.15, 0.2) is 77.2 Å². The molecule has 0 amide bonds. The van der Waals surface area contributed by atoms with Crippen LogP contribution >= 0.6 is 0 Å². The number of ether oxygens (including phenoxy) is 3. The molecule has 0 unspecified atom stereocenters. The summed E-state index contributed by atoms with van der Waals surface area (Å²) in [6, 6.07) is 24.1. The highest BCUT2D eigenvalue weighted by molar-refractivity contribution is 6.05. The summed E-state index contributed by atoms with van der Waals surface area (Å²) in [6.07, 6.45) is 2.88. The van der Waals surface area contributed by atoms with E-state index in [4.69, 9.17) is 18.6 Å². The number of unbranched alkanes of at least 4 members (excludes halogenated alkanes) is 1. The number of esters is 1. The molecule has 0 aliphatic rings. The molecular formula is C32H36O5. The van der Waals surface area contributed by atoms with Crippen LogP contribution in [-0.2, 0) is 9.53 Å². The van der Waals surface area contributed by atoms with Gasteiger partial charge in [-0.3, -0.25) is 4.79 Å². The topological polar surface area (TPSA) is 57.9 Å². The molecule has 0 fully saturated rings. The number of rotatable bonds is 10. The third kappa shape index (κ3) is 6.73. The van der Waals surface area contributed by atoms with E-state index in [1.54, 1.807) is 7.11 Å². The SMILES string of the molecule is COc1ccc(-c2c(-c3ccccc3)oc3cccc(O[C@H](C)CCCCC(=O)OC(C)(C)C)c23)cc1. The van der Waals surface area contributed by atoms with Crippen LogP contribution in [0, 0.1) is 0 Å². The van der Waals surface area contributed by atoms with Crippen molar-refractivity contribution in [1.82, 2.24) is 0 Å². The van der Waals surface area contributed by atoms with Crippen molar-refractivity contribution in [2.24, 2.45) is 0 Å². The third-order valence-corrected chi connectivity index (χ3v) is 6.08. The molecule has 1 heterocycles. The molecule has 194 valence electrons. The fourth-order valence-corrected chi connectivity index (χ4v) is 4.41. The molecule has 5 heteroatoms. The number of hydrogen-bond donors (Lipinski definition) is 0. The number of carbonyl (C=O) groups is 1. The average Bonchev–Trinajstić information content (AvgIpc) is 3.27. The maximum absolute atomic E-state index is 12.0. The fraction of sp³-hybridized carbons (Fsp3) is 0.344. The van der Waals surface area contributed by atoms with E-state index in [0.717, 1.165) is 64.2 Å². The van der Waals surface area contributed by atoms with E-state index >= 15 is 0 Å². The Balaban J connectivity index is 1.58. The van der Waals surface area contributed by atoms with Gasteiger partial charge < -0.3 is 18.6 Å². The lowest BCUT2D eigenvalue weighted by atomic mass is 9.98. The van der Waals surface area contributed by atoms with E-state index in [1.807, 2.05) is 81.4 Å². The molecule has 1 atom stereocenters. The van der Waals surface area contributed by atoms with E-state index in [2.05, 4.69) is 19.1 Å². The highest BCUT2D eigenvalue weighted by Crippen LogP contribution is 2.45. The first-order valence-electron chi connectivity index (χ1n) is 12.9. The van der Waals surface area contributed by atoms with Crippen LogP contribution in [0.1, 0.15) is 53.4 Å². The summed E-state index contributed by atoms with van der Waals surface area (Å²) in [6.45, 7) is 7.74. The molecular weight excluding hydrogens is 464 g/mol. The van der Waals surface area contributed by atoms with Crippen LogP contribution < -0.4 is 9.47 Å². The number of carbonyl (C=O) groups excluding carboxylic acids is 1. The number of furan rings is 1. The summed E-state index contributed by atoms with van der Waals surface area (Å²) in [4.78, 5) is 12.0. The van der Waals surface area contributed by atoms with Gasteiger partial charge in [-0.15, -0.1) is 0 Å². The number of fused-ring (bicyclic) bond motifs is 1. The molecule has 3 aromatic carbocycles. The highest BCUT2D eigenvalue weighted by atomic mass is 16.6. The first-order valence-corrected chi connectivity index (χ1v) is 12.9. The van der Waals surface area contributed by atoms with Crippen LogP contribution in [0.4, 0.5) is 0 Å². The second-order valence-electron chi connectivity index (χ2n) is 10.3. The van der Waals surface area contributed by atoms with Gasteiger partial charge in [0, 0.05) is 17.5 Å². The van der Waals surface area contributed by atoms with Crippen LogP contribution in [0.5, 0.6) is 11.5 Å². The predicted octanol–water partition coefficient (Wildman–Crippen LogP) is 8.44. The molecule has 0 saturated carbocycles. The smallest absolute Gasteiger partial charge is 0.306 e. The van der Waals surface area contributed by atoms with Gasteiger partial charge in [-0.05, 0) is 76.8 Å². The number of hydrogen-bond acceptors (Lipinski definition) is 5. The molecule has 4 aromatic rings. The lowest BCUT2D eigenvalue weighted by Gasteiger charge is -2.19. The molecule has 0 saturated heterocycles. The van der Waals surface area contributed by atoms with Crippen molar-refractivity contribution in [3.05, 3.63) is 72.8 Å². The molecule has 4 rings (SSSR count). The Labute approximate surface area is 219 Å². The van der Waals surface area contributed by atoms with Crippen molar-refractivity contribution in [2.75, 3.05) is 7.11 Å². The second kappa shape index (κ2) is 11.5. The summed E-state index contributed by atoms with van der Waals surface area (Å²) >= 11 is 0. The molecule has 0 N–H and O–H groups in total. The zero-order chi connectivity index (χ0) is 26.4. The van der Waals surface area contributed by atoms with E-state index in [0.29, 0.717) is 6.42 Å². The minimum atomic E-state index is -0.447. The zero-order valence-corrected chi connectivity index (χ0v) is 22.4. The maximum Gasteiger partial charge on any atom is 0.306 e. The van der Waals surface area contributed by atoms with Crippen LogP contribution in [0.3, 0.4) is 0 Å². The lowest BCUT2D eigenvalue weighted by molar-refractivity contribution is -0.154. The summed E-state index contributed by atoms with van der Waals surface area (Å²) in [7, 11) is 1.67. The van der Waals surface area contributed by atoms with Gasteiger partial charge in [-0.25, -0.2) is 0 Å². The molecule has 0 aliphatic carbocycles. The minimum absolute atomic E-state index is 0.0250. The lowest BCUT2D eigenvalue weighted by Crippen LogP contribution is -2.23. The molecule has 0 aliphatic heterocycles. The third-order valence-electron chi connectivity index (χ3n) is 6.08. The van der Waals surface area contributed by atoms with Gasteiger partial charge in [0.1, 0.15) is 28.4 Å². The quantitative estimate of drug-likeness (QED) is 0.161. The molecule has 37 heavy (non-hydrogen) atoms. The van der Waals surface area contributed by atoms with E-state index in [-0.39, 0.29) is 12.1 Å². The Kier molecular flexibility index (Phi) is 8.22. The van der Waals surface area contributed by atoms with E-state index in [1.165, 1.54) is 0 Å². The summed E-state index contributed by atoms with van der Waals surface area (Å²) in [5.41, 5.74) is 3.36. The molecule has 0 bridgehead atoms. The Hall–Kier alpha value is -3.73. The fourth-order valence-electron chi connectivity index (χ4n) is 4.41. The van der Waals surface area contributed by atoms with E-state index in [9.17, 15) is 4.79 Å². The van der Waals surface area contributed by atoms with Crippen LogP contribution in [0.25, 0.3) is 33.4 Å². The van der Waals surface area contributed by atoms with Crippen molar-refractivity contribution in [3.63, 3.8) is 0 Å². The van der Waals surface area contributed by atoms with Gasteiger partial charge in [0.25, 0.3) is 0 Å². The summed E-state index contributed by atoms with van der Waals surface area (Å²) < 4.78 is 23.7. The Bertz CT molecular complexity index is 1310. The van der Waals surface area contributed by atoms with Crippen molar-refractivity contribution < 1.29 is 23.4 Å². The molecule has 5 nitrogen and oxygen atoms in total. The van der Waals surface area contributed by atoms with Crippen LogP contribution in [0.2, 0.25) is 0 Å². The molecule has 1 aromatic heterocycles. The first kappa shape index (κ1) is 26.3. The van der Waals surface area contributed by atoms with Crippen molar-refractivity contribution in [1.29, 1.82) is 0 Å². The summed E-state index contributed by atoms with van der Waals surface area (Å²) in [5.74, 6) is 2.24. The van der Waals surface area contributed by atoms with Crippen molar-refractivity contribution in [2.45, 2.75) is 65.1 Å². The zero-order valence-electron chi connectivity index (χ0n) is 22.4. The highest BCUT2D eigenvalue weighted by Gasteiger charge is 2.22. The Morgan fingerprint density at radius 3 is 2.30 bits per heavy atom. The maximum atomic E-state index is 12.0. The second-order valence-corrected chi connectivity index (χ2v) is 10.3. The number of methoxy groups -OCH3 is 1. The monoisotopic (exact) mass is 500 g/mol. The average molecular weight is 501 g/mol. The van der Waals surface area contributed by atoms with Gasteiger partial charge in [-0.2, -0.15) is 0 Å². The summed E-state index contributed by atoms with van der Waals surface area (Å²) in [5, 5.41) is 0.951. The molecule has 0 spiro atoms. The Morgan fingerprint density at radius 1 is 0.892 bits per heavy atom. The largest absolute Gasteiger partial charge is 0.497 e. The van der Waals surface area contributed by atoms with Crippen molar-refractivity contribution in [3.8, 4) is 33.9 Å². The predicted molar refractivity (Wildman–Crippen MR) is 148 cm³/mol. The van der Waals surface area contributed by atoms with Gasteiger partial charge in [0.05, 0.1) is 18.6 Å². The van der Waals surface area contributed by atoms with Gasteiger partial charge in [0.2, 0.25) is 0 Å². The van der Waals surface area contributed by atoms with Gasteiger partial charge in [-0.1, -0.05) is 48.5 Å². The van der Waals surface area contributed by atoms with E-state index < -0.39 is 5.60 Å². The Morgan fingerprint density at radius 2 is 1.62 bits per heavy atom. The van der Waals surface area contributed by atoms with Crippen LogP contribution in [-0.4, -0.2) is 24.8 Å². The molecule has 0 radical (unpaired) electrons. The standard InChI is InChI=1S/C32H36O5/c1-22(12-9-10-17-28(33)37-32(2,3)4)35-26-15-11-16-27-30(26)29(23-18-20-25(34-5)21-19-23)31(36-27)24-13-7-6-8-14-24/h6-8,11,13-16,18-22H,9-10,12,17H2,1-5H3/t22-/m1/s1. The normalized spacial score (nSPS) is 12.4. The van der Waals surface area contributed by atoms with Gasteiger partial charge in [0.15, 0.2) is 0 Å². The minimum Gasteiger partial charge on any atom is -0.497 e.